The van der Waals surface area contributed by atoms with Gasteiger partial charge in [-0.2, -0.15) is 0 Å². The van der Waals surface area contributed by atoms with Crippen molar-refractivity contribution in [1.82, 2.24) is 4.98 Å². The molecule has 0 aliphatic heterocycles. The van der Waals surface area contributed by atoms with Gasteiger partial charge < -0.3 is 4.98 Å². The average molecular weight is 277 g/mol. The van der Waals surface area contributed by atoms with Gasteiger partial charge in [-0.25, -0.2) is 8.42 Å². The van der Waals surface area contributed by atoms with Crippen LogP contribution in [-0.2, 0) is 15.8 Å². The molecular formula is C13H13N2O3S. The summed E-state index contributed by atoms with van der Waals surface area (Å²) in [6.45, 7) is 1.69. The highest BCUT2D eigenvalue weighted by atomic mass is 32.2. The number of pyridine rings is 1. The van der Waals surface area contributed by atoms with Crippen LogP contribution in [0.15, 0.2) is 41.2 Å². The molecule has 99 valence electrons. The van der Waals surface area contributed by atoms with E-state index in [1.165, 1.54) is 6.07 Å². The van der Waals surface area contributed by atoms with Crippen molar-refractivity contribution in [3.05, 3.63) is 64.1 Å². The van der Waals surface area contributed by atoms with Gasteiger partial charge in [0, 0.05) is 11.8 Å². The molecule has 19 heavy (non-hydrogen) atoms. The van der Waals surface area contributed by atoms with Crippen LogP contribution >= 0.6 is 0 Å². The zero-order valence-corrected chi connectivity index (χ0v) is 11.1. The number of hydrogen-bond donors (Lipinski definition) is 2. The van der Waals surface area contributed by atoms with Gasteiger partial charge in [0.05, 0.1) is 5.75 Å². The van der Waals surface area contributed by atoms with E-state index in [1.807, 2.05) is 6.07 Å². The fraction of sp³-hybridized carbons (Fsp3) is 0.154. The lowest BCUT2D eigenvalue weighted by Gasteiger charge is -2.07. The van der Waals surface area contributed by atoms with Crippen molar-refractivity contribution in [1.29, 1.82) is 0 Å². The molecule has 0 atom stereocenters. The van der Waals surface area contributed by atoms with E-state index in [0.717, 1.165) is 0 Å². The van der Waals surface area contributed by atoms with Gasteiger partial charge in [0.25, 0.3) is 5.56 Å². The molecule has 0 fully saturated rings. The minimum atomic E-state index is -3.62. The Bertz CT molecular complexity index is 721. The number of sulfonamides is 1. The molecule has 0 saturated heterocycles. The molecule has 6 heteroatoms. The van der Waals surface area contributed by atoms with Crippen LogP contribution in [0.3, 0.4) is 0 Å². The minimum Gasteiger partial charge on any atom is -0.325 e. The van der Waals surface area contributed by atoms with Crippen LogP contribution in [0.1, 0.15) is 11.3 Å². The lowest BCUT2D eigenvalue weighted by molar-refractivity contribution is 0.600. The summed E-state index contributed by atoms with van der Waals surface area (Å²) in [7, 11) is -3.62. The number of anilines is 1. The largest absolute Gasteiger partial charge is 0.325 e. The third-order valence-electron chi connectivity index (χ3n) is 2.43. The van der Waals surface area contributed by atoms with Gasteiger partial charge in [0.15, 0.2) is 0 Å². The van der Waals surface area contributed by atoms with E-state index in [9.17, 15) is 13.2 Å². The molecule has 0 aliphatic rings. The number of hydrogen-bond acceptors (Lipinski definition) is 3. The van der Waals surface area contributed by atoms with Gasteiger partial charge in [-0.15, -0.1) is 0 Å². The first-order chi connectivity index (χ1) is 8.96. The second-order valence-corrected chi connectivity index (χ2v) is 5.87. The smallest absolute Gasteiger partial charge is 0.273 e. The Kier molecular flexibility index (Phi) is 3.71. The molecule has 5 nitrogen and oxygen atoms in total. The number of rotatable bonds is 4. The van der Waals surface area contributed by atoms with Crippen LogP contribution in [-0.4, -0.2) is 13.4 Å². The summed E-state index contributed by atoms with van der Waals surface area (Å²) in [5.74, 6) is -0.186. The number of aryl methyl sites for hydroxylation is 1. The maximum Gasteiger partial charge on any atom is 0.273 e. The molecule has 0 amide bonds. The van der Waals surface area contributed by atoms with Crippen molar-refractivity contribution >= 4 is 15.7 Å². The molecule has 0 unspecified atom stereocenters. The fourth-order valence-electron chi connectivity index (χ4n) is 1.58. The van der Waals surface area contributed by atoms with E-state index in [0.29, 0.717) is 11.3 Å². The standard InChI is InChI=1S/C13H13N2O3S/c1-10-7-8-12(13(16)14-10)15-19(17,18)9-11-5-3-2-4-6-11/h2-7,15H,9H2,1H3,(H,14,16). The van der Waals surface area contributed by atoms with Crippen LogP contribution in [0.2, 0.25) is 0 Å². The Morgan fingerprint density at radius 3 is 2.58 bits per heavy atom. The van der Waals surface area contributed by atoms with Gasteiger partial charge in [0.2, 0.25) is 10.0 Å². The first kappa shape index (κ1) is 13.4. The van der Waals surface area contributed by atoms with E-state index in [4.69, 9.17) is 0 Å². The number of aromatic amines is 1. The van der Waals surface area contributed by atoms with Crippen molar-refractivity contribution in [2.24, 2.45) is 0 Å². The van der Waals surface area contributed by atoms with Gasteiger partial charge >= 0.3 is 0 Å². The molecular weight excluding hydrogens is 264 g/mol. The van der Waals surface area contributed by atoms with E-state index >= 15 is 0 Å². The van der Waals surface area contributed by atoms with Crippen LogP contribution in [0.5, 0.6) is 0 Å². The second-order valence-electron chi connectivity index (χ2n) is 4.15. The summed E-state index contributed by atoms with van der Waals surface area (Å²) < 4.78 is 26.1. The minimum absolute atomic E-state index is 0.0958. The Morgan fingerprint density at radius 1 is 1.26 bits per heavy atom. The zero-order valence-electron chi connectivity index (χ0n) is 10.3. The SMILES string of the molecule is Cc1c[c]c(NS(=O)(=O)Cc2ccccc2)c(=O)[nH]1. The molecule has 0 saturated carbocycles. The van der Waals surface area contributed by atoms with Crippen LogP contribution in [0.4, 0.5) is 5.69 Å². The molecule has 2 N–H and O–H groups in total. The summed E-state index contributed by atoms with van der Waals surface area (Å²) in [6.07, 6.45) is 0. The van der Waals surface area contributed by atoms with Crippen molar-refractivity contribution in [2.45, 2.75) is 12.7 Å². The summed E-state index contributed by atoms with van der Waals surface area (Å²) in [6, 6.07) is 12.9. The highest BCUT2D eigenvalue weighted by Crippen LogP contribution is 2.08. The zero-order chi connectivity index (χ0) is 13.9. The first-order valence-electron chi connectivity index (χ1n) is 5.62. The maximum atomic E-state index is 11.9. The number of benzene rings is 1. The maximum absolute atomic E-state index is 11.9. The van der Waals surface area contributed by atoms with Crippen molar-refractivity contribution in [3.8, 4) is 0 Å². The number of H-pyrrole nitrogens is 1. The second kappa shape index (κ2) is 5.27. The number of nitrogens with one attached hydrogen (secondary N) is 2. The topological polar surface area (TPSA) is 79.0 Å². The average Bonchev–Trinajstić information content (AvgIpc) is 2.33. The fourth-order valence-corrected chi connectivity index (χ4v) is 2.75. The van der Waals surface area contributed by atoms with E-state index in [1.54, 1.807) is 31.2 Å². The van der Waals surface area contributed by atoms with Gasteiger partial charge in [-0.3, -0.25) is 9.52 Å². The van der Waals surface area contributed by atoms with E-state index < -0.39 is 15.6 Å². The third-order valence-corrected chi connectivity index (χ3v) is 3.66. The normalized spacial score (nSPS) is 11.2. The monoisotopic (exact) mass is 277 g/mol. The summed E-state index contributed by atoms with van der Waals surface area (Å²) >= 11 is 0. The van der Waals surface area contributed by atoms with Gasteiger partial charge in [0.1, 0.15) is 5.69 Å². The molecule has 1 radical (unpaired) electrons. The van der Waals surface area contributed by atoms with Crippen molar-refractivity contribution < 1.29 is 8.42 Å². The summed E-state index contributed by atoms with van der Waals surface area (Å²) in [5, 5.41) is 0. The quantitative estimate of drug-likeness (QED) is 0.887. The molecule has 1 aromatic carbocycles. The third kappa shape index (κ3) is 3.69. The molecule has 0 aliphatic carbocycles. The van der Waals surface area contributed by atoms with Crippen LogP contribution in [0, 0.1) is 13.0 Å². The van der Waals surface area contributed by atoms with E-state index in [-0.39, 0.29) is 11.4 Å². The predicted molar refractivity (Wildman–Crippen MR) is 73.3 cm³/mol. The highest BCUT2D eigenvalue weighted by Gasteiger charge is 2.13. The highest BCUT2D eigenvalue weighted by molar-refractivity contribution is 7.91. The Hall–Kier alpha value is -2.08. The predicted octanol–water partition coefficient (Wildman–Crippen LogP) is 1.43. The molecule has 0 spiro atoms. The van der Waals surface area contributed by atoms with Crippen LogP contribution in [0.25, 0.3) is 0 Å². The molecule has 2 rings (SSSR count). The van der Waals surface area contributed by atoms with Crippen LogP contribution < -0.4 is 10.3 Å². The molecule has 0 bridgehead atoms. The van der Waals surface area contributed by atoms with E-state index in [2.05, 4.69) is 15.8 Å². The summed E-state index contributed by atoms with van der Waals surface area (Å²) in [5.41, 5.74) is 0.674. The summed E-state index contributed by atoms with van der Waals surface area (Å²) in [4.78, 5) is 14.1. The van der Waals surface area contributed by atoms with Crippen molar-refractivity contribution in [2.75, 3.05) is 4.72 Å². The van der Waals surface area contributed by atoms with Gasteiger partial charge in [-0.1, -0.05) is 30.3 Å². The van der Waals surface area contributed by atoms with Crippen molar-refractivity contribution in [3.63, 3.8) is 0 Å². The first-order valence-corrected chi connectivity index (χ1v) is 7.27. The molecule has 1 aromatic heterocycles. The Morgan fingerprint density at radius 2 is 1.95 bits per heavy atom. The molecule has 1 heterocycles. The van der Waals surface area contributed by atoms with Gasteiger partial charge in [-0.05, 0) is 18.6 Å². The lowest BCUT2D eigenvalue weighted by atomic mass is 10.2. The molecule has 2 aromatic rings. The number of aromatic nitrogens is 1. The Balaban J connectivity index is 2.20. The lowest BCUT2D eigenvalue weighted by Crippen LogP contribution is -2.21. The Labute approximate surface area is 111 Å².